The van der Waals surface area contributed by atoms with Gasteiger partial charge in [-0.05, 0) is 43.2 Å². The monoisotopic (exact) mass is 423 g/mol. The summed E-state index contributed by atoms with van der Waals surface area (Å²) in [6.07, 6.45) is 7.15. The molecule has 1 amide bonds. The second kappa shape index (κ2) is 7.42. The fourth-order valence-electron chi connectivity index (χ4n) is 3.59. The molecule has 0 saturated carbocycles. The number of nitrogens with zero attached hydrogens (tertiary/aromatic N) is 3. The van der Waals surface area contributed by atoms with Crippen LogP contribution >= 0.6 is 11.6 Å². The Morgan fingerprint density at radius 3 is 2.64 bits per heavy atom. The first-order valence-electron chi connectivity index (χ1n) is 9.11. The molecule has 148 valence electrons. The number of piperidine rings is 1. The maximum Gasteiger partial charge on any atom is 0.256 e. The molecule has 0 radical (unpaired) electrons. The second-order valence-electron chi connectivity index (χ2n) is 6.97. The number of sulfonamides is 1. The molecule has 0 spiro atoms. The van der Waals surface area contributed by atoms with E-state index in [2.05, 4.69) is 5.10 Å². The van der Waals surface area contributed by atoms with Crippen LogP contribution in [0.4, 0.5) is 4.39 Å². The molecule has 2 aliphatic heterocycles. The Kier molecular flexibility index (Phi) is 5.11. The predicted molar refractivity (Wildman–Crippen MR) is 104 cm³/mol. The molecule has 9 heteroatoms. The van der Waals surface area contributed by atoms with Gasteiger partial charge in [-0.2, -0.15) is 9.41 Å². The zero-order valence-electron chi connectivity index (χ0n) is 15.0. The van der Waals surface area contributed by atoms with Crippen molar-refractivity contribution in [3.8, 4) is 0 Å². The van der Waals surface area contributed by atoms with E-state index in [1.54, 1.807) is 12.1 Å². The molecule has 1 aromatic carbocycles. The molecule has 1 aliphatic carbocycles. The van der Waals surface area contributed by atoms with Crippen molar-refractivity contribution in [2.24, 2.45) is 11.0 Å². The zero-order chi connectivity index (χ0) is 19.9. The van der Waals surface area contributed by atoms with E-state index in [1.165, 1.54) is 28.6 Å². The molecular formula is C19H19ClFN3O3S. The number of fused-ring (bicyclic) bond motifs is 1. The Bertz CT molecular complexity index is 993. The van der Waals surface area contributed by atoms with Gasteiger partial charge < -0.3 is 0 Å². The summed E-state index contributed by atoms with van der Waals surface area (Å²) in [5, 5.41) is 5.58. The van der Waals surface area contributed by atoms with Gasteiger partial charge in [-0.15, -0.1) is 0 Å². The molecule has 2 heterocycles. The molecule has 1 fully saturated rings. The number of allylic oxidation sites excluding steroid dienone is 2. The summed E-state index contributed by atoms with van der Waals surface area (Å²) in [6.45, 7) is 0.871. The lowest BCUT2D eigenvalue weighted by atomic mass is 9.99. The minimum absolute atomic E-state index is 0.109. The molecule has 3 aliphatic rings. The van der Waals surface area contributed by atoms with E-state index in [-0.39, 0.29) is 22.0 Å². The van der Waals surface area contributed by atoms with Crippen molar-refractivity contribution in [1.82, 2.24) is 9.31 Å². The van der Waals surface area contributed by atoms with Crippen molar-refractivity contribution >= 4 is 33.2 Å². The van der Waals surface area contributed by atoms with E-state index in [0.29, 0.717) is 18.8 Å². The van der Waals surface area contributed by atoms with Crippen LogP contribution in [0.5, 0.6) is 0 Å². The smallest absolute Gasteiger partial charge is 0.256 e. The second-order valence-corrected chi connectivity index (χ2v) is 9.31. The summed E-state index contributed by atoms with van der Waals surface area (Å²) in [6, 6.07) is 4.30. The van der Waals surface area contributed by atoms with Crippen LogP contribution in [0.25, 0.3) is 0 Å². The SMILES string of the molecule is O=C1[C@H]2C=C(S(=O)(=O)N3CCCCC3)C=CC2=NN1Cc1c(F)cccc1Cl. The Hall–Kier alpha value is -2.03. The van der Waals surface area contributed by atoms with Crippen LogP contribution in [0.2, 0.25) is 5.02 Å². The Balaban J connectivity index is 1.57. The number of hydrogen-bond acceptors (Lipinski definition) is 4. The van der Waals surface area contributed by atoms with Gasteiger partial charge in [0.1, 0.15) is 11.7 Å². The van der Waals surface area contributed by atoms with E-state index in [9.17, 15) is 17.6 Å². The zero-order valence-corrected chi connectivity index (χ0v) is 16.6. The minimum Gasteiger partial charge on any atom is -0.272 e. The number of halogens is 2. The van der Waals surface area contributed by atoms with Crippen LogP contribution in [0.1, 0.15) is 24.8 Å². The molecule has 0 bridgehead atoms. The fraction of sp³-hybridized carbons (Fsp3) is 0.368. The number of benzene rings is 1. The lowest BCUT2D eigenvalue weighted by molar-refractivity contribution is -0.131. The van der Waals surface area contributed by atoms with Crippen molar-refractivity contribution in [2.75, 3.05) is 13.1 Å². The van der Waals surface area contributed by atoms with E-state index in [4.69, 9.17) is 11.6 Å². The first-order valence-corrected chi connectivity index (χ1v) is 10.9. The van der Waals surface area contributed by atoms with E-state index >= 15 is 0 Å². The largest absolute Gasteiger partial charge is 0.272 e. The van der Waals surface area contributed by atoms with Crippen molar-refractivity contribution in [3.05, 3.63) is 57.7 Å². The van der Waals surface area contributed by atoms with Crippen LogP contribution in [0, 0.1) is 11.7 Å². The average Bonchev–Trinajstić information content (AvgIpc) is 3.00. The first kappa shape index (κ1) is 19.3. The highest BCUT2D eigenvalue weighted by molar-refractivity contribution is 7.93. The summed E-state index contributed by atoms with van der Waals surface area (Å²) in [5.74, 6) is -1.70. The van der Waals surface area contributed by atoms with Crippen molar-refractivity contribution < 1.29 is 17.6 Å². The van der Waals surface area contributed by atoms with Crippen molar-refractivity contribution in [1.29, 1.82) is 0 Å². The van der Waals surface area contributed by atoms with Crippen LogP contribution in [0.3, 0.4) is 0 Å². The van der Waals surface area contributed by atoms with Gasteiger partial charge in [-0.1, -0.05) is 24.1 Å². The third-order valence-electron chi connectivity index (χ3n) is 5.15. The van der Waals surface area contributed by atoms with Crippen molar-refractivity contribution in [2.45, 2.75) is 25.8 Å². The fourth-order valence-corrected chi connectivity index (χ4v) is 5.40. The normalized spacial score (nSPS) is 22.9. The molecule has 28 heavy (non-hydrogen) atoms. The molecule has 4 rings (SSSR count). The standard InChI is InChI=1S/C19H19ClFN3O3S/c20-16-5-4-6-17(21)15(16)12-24-19(25)14-11-13(7-8-18(14)22-24)28(26,27)23-9-2-1-3-10-23/h4-8,11,14H,1-3,9-10,12H2/t14-/m0/s1. The highest BCUT2D eigenvalue weighted by Crippen LogP contribution is 2.30. The van der Waals surface area contributed by atoms with Crippen LogP contribution in [-0.2, 0) is 21.4 Å². The van der Waals surface area contributed by atoms with Gasteiger partial charge in [0, 0.05) is 23.7 Å². The molecule has 0 N–H and O–H groups in total. The van der Waals surface area contributed by atoms with Gasteiger partial charge >= 0.3 is 0 Å². The third kappa shape index (κ3) is 3.40. The first-order chi connectivity index (χ1) is 13.4. The van der Waals surface area contributed by atoms with Gasteiger partial charge in [0.15, 0.2) is 0 Å². The molecule has 1 atom stereocenters. The number of hydrazone groups is 1. The average molecular weight is 424 g/mol. The van der Waals surface area contributed by atoms with Gasteiger partial charge in [-0.3, -0.25) is 4.79 Å². The predicted octanol–water partition coefficient (Wildman–Crippen LogP) is 3.06. The highest BCUT2D eigenvalue weighted by atomic mass is 35.5. The van der Waals surface area contributed by atoms with E-state index < -0.39 is 27.7 Å². The lowest BCUT2D eigenvalue weighted by Crippen LogP contribution is -2.37. The third-order valence-corrected chi connectivity index (χ3v) is 7.41. The maximum absolute atomic E-state index is 14.0. The van der Waals surface area contributed by atoms with Crippen LogP contribution in [0.15, 0.2) is 46.4 Å². The molecule has 6 nitrogen and oxygen atoms in total. The topological polar surface area (TPSA) is 70.0 Å². The van der Waals surface area contributed by atoms with E-state index in [1.807, 2.05) is 0 Å². The highest BCUT2D eigenvalue weighted by Gasteiger charge is 2.38. The van der Waals surface area contributed by atoms with Crippen LogP contribution in [-0.4, -0.2) is 42.4 Å². The Morgan fingerprint density at radius 2 is 1.93 bits per heavy atom. The number of carbonyl (C=O) groups excluding carboxylic acids is 1. The summed E-state index contributed by atoms with van der Waals surface area (Å²) in [4.78, 5) is 12.9. The molecule has 1 aromatic rings. The number of hydrogen-bond donors (Lipinski definition) is 0. The van der Waals surface area contributed by atoms with Gasteiger partial charge in [0.2, 0.25) is 10.0 Å². The quantitative estimate of drug-likeness (QED) is 0.747. The molecule has 0 aromatic heterocycles. The Morgan fingerprint density at radius 1 is 1.18 bits per heavy atom. The van der Waals surface area contributed by atoms with Gasteiger partial charge in [0.25, 0.3) is 5.91 Å². The molecule has 0 unspecified atom stereocenters. The Labute approximate surface area is 168 Å². The number of amides is 1. The molecule has 1 saturated heterocycles. The van der Waals surface area contributed by atoms with Gasteiger partial charge in [0.05, 0.1) is 17.2 Å². The summed E-state index contributed by atoms with van der Waals surface area (Å²) < 4.78 is 41.3. The minimum atomic E-state index is -3.64. The van der Waals surface area contributed by atoms with Gasteiger partial charge in [-0.25, -0.2) is 17.8 Å². The number of carbonyl (C=O) groups is 1. The summed E-state index contributed by atoms with van der Waals surface area (Å²) in [5.41, 5.74) is 0.615. The van der Waals surface area contributed by atoms with E-state index in [0.717, 1.165) is 24.3 Å². The van der Waals surface area contributed by atoms with Crippen molar-refractivity contribution in [3.63, 3.8) is 0 Å². The number of rotatable bonds is 4. The molecular weight excluding hydrogens is 405 g/mol. The maximum atomic E-state index is 14.0. The summed E-state index contributed by atoms with van der Waals surface area (Å²) >= 11 is 6.04. The lowest BCUT2D eigenvalue weighted by Gasteiger charge is -2.27. The summed E-state index contributed by atoms with van der Waals surface area (Å²) in [7, 11) is -3.64. The van der Waals surface area contributed by atoms with Crippen LogP contribution < -0.4 is 0 Å².